The van der Waals surface area contributed by atoms with Crippen molar-refractivity contribution in [1.29, 1.82) is 0 Å². The van der Waals surface area contributed by atoms with Crippen LogP contribution in [0.5, 0.6) is 0 Å². The molecule has 0 aromatic heterocycles. The van der Waals surface area contributed by atoms with E-state index in [1.807, 2.05) is 6.92 Å². The highest BCUT2D eigenvalue weighted by atomic mass is 31.1. The molecule has 0 amide bonds. The smallest absolute Gasteiger partial charge is 0.191 e. The lowest BCUT2D eigenvalue weighted by Gasteiger charge is -2.06. The Morgan fingerprint density at radius 1 is 0.938 bits per heavy atom. The fraction of sp³-hybridized carbons (Fsp3) is 1.00. The molecule has 2 nitrogen and oxygen atoms in total. The van der Waals surface area contributed by atoms with Crippen LogP contribution in [0.4, 0.5) is 0 Å². The Morgan fingerprint density at radius 2 is 1.38 bits per heavy atom. The van der Waals surface area contributed by atoms with E-state index in [0.717, 1.165) is 12.8 Å². The maximum Gasteiger partial charge on any atom is 0.191 e. The van der Waals surface area contributed by atoms with Gasteiger partial charge in [-0.1, -0.05) is 71.6 Å². The van der Waals surface area contributed by atoms with Gasteiger partial charge in [-0.05, 0) is 6.42 Å². The minimum absolute atomic E-state index is 0.0227. The zero-order chi connectivity index (χ0) is 12.2. The molecule has 0 aromatic carbocycles. The van der Waals surface area contributed by atoms with Crippen LogP contribution in [0.3, 0.4) is 0 Å². The first-order chi connectivity index (χ1) is 7.68. The summed E-state index contributed by atoms with van der Waals surface area (Å²) in [6.45, 7) is 4.13. The van der Waals surface area contributed by atoms with Crippen LogP contribution in [0.25, 0.3) is 0 Å². The third-order valence-electron chi connectivity index (χ3n) is 3.16. The predicted molar refractivity (Wildman–Crippen MR) is 72.5 cm³/mol. The second-order valence-corrected chi connectivity index (χ2v) is 6.52. The summed E-state index contributed by atoms with van der Waals surface area (Å²) >= 11 is 0. The Hall–Kier alpha value is 0.190. The second kappa shape index (κ2) is 11.7. The molecule has 0 aliphatic carbocycles. The van der Waals surface area contributed by atoms with Gasteiger partial charge in [-0.25, -0.2) is 0 Å². The van der Waals surface area contributed by atoms with Crippen LogP contribution in [-0.2, 0) is 4.57 Å². The van der Waals surface area contributed by atoms with Crippen molar-refractivity contribution < 1.29 is 9.46 Å². The van der Waals surface area contributed by atoms with Gasteiger partial charge in [-0.2, -0.15) is 0 Å². The van der Waals surface area contributed by atoms with Gasteiger partial charge in [-0.15, -0.1) is 0 Å². The molecule has 0 aliphatic heterocycles. The van der Waals surface area contributed by atoms with Crippen molar-refractivity contribution in [2.75, 3.05) is 0 Å². The van der Waals surface area contributed by atoms with Gasteiger partial charge in [0.25, 0.3) is 0 Å². The van der Waals surface area contributed by atoms with Gasteiger partial charge >= 0.3 is 0 Å². The summed E-state index contributed by atoms with van der Waals surface area (Å²) in [6.07, 6.45) is 12.7. The van der Waals surface area contributed by atoms with Crippen LogP contribution < -0.4 is 0 Å². The molecule has 0 rings (SSSR count). The summed E-state index contributed by atoms with van der Waals surface area (Å²) in [7, 11) is -2.27. The Labute approximate surface area is 102 Å². The molecule has 0 bridgehead atoms. The Bertz CT molecular complexity index is 171. The van der Waals surface area contributed by atoms with Crippen molar-refractivity contribution in [2.24, 2.45) is 0 Å². The summed E-state index contributed by atoms with van der Waals surface area (Å²) in [5.74, 6) is 0. The molecule has 98 valence electrons. The summed E-state index contributed by atoms with van der Waals surface area (Å²) in [5, 5.41) is 0. The summed E-state index contributed by atoms with van der Waals surface area (Å²) in [5.41, 5.74) is 0.0227. The summed E-state index contributed by atoms with van der Waals surface area (Å²) < 4.78 is 10.8. The van der Waals surface area contributed by atoms with Crippen LogP contribution in [0.15, 0.2) is 0 Å². The highest BCUT2D eigenvalue weighted by Gasteiger charge is 2.06. The molecule has 1 N–H and O–H groups in total. The van der Waals surface area contributed by atoms with E-state index in [1.165, 1.54) is 51.4 Å². The van der Waals surface area contributed by atoms with Crippen molar-refractivity contribution in [3.63, 3.8) is 0 Å². The summed E-state index contributed by atoms with van der Waals surface area (Å²) in [4.78, 5) is 8.89. The molecule has 2 atom stereocenters. The van der Waals surface area contributed by atoms with Crippen LogP contribution in [0.1, 0.15) is 78.1 Å². The van der Waals surface area contributed by atoms with E-state index < -0.39 is 8.03 Å². The van der Waals surface area contributed by atoms with Crippen molar-refractivity contribution in [3.05, 3.63) is 0 Å². The Balaban J connectivity index is 3.07. The molecule has 3 heteroatoms. The van der Waals surface area contributed by atoms with Gasteiger partial charge < -0.3 is 4.89 Å². The molecule has 0 saturated carbocycles. The third kappa shape index (κ3) is 10.7. The third-order valence-corrected chi connectivity index (χ3v) is 4.29. The lowest BCUT2D eigenvalue weighted by molar-refractivity contribution is 0.481. The SMILES string of the molecule is CCCCCCCCCCCC(C)[PH](=O)O. The molecular formula is C13H29O2P. The highest BCUT2D eigenvalue weighted by molar-refractivity contribution is 7.38. The van der Waals surface area contributed by atoms with E-state index in [0.29, 0.717) is 0 Å². The average Bonchev–Trinajstić information content (AvgIpc) is 2.26. The zero-order valence-corrected chi connectivity index (χ0v) is 12.0. The van der Waals surface area contributed by atoms with Gasteiger partial charge in [0.1, 0.15) is 0 Å². The summed E-state index contributed by atoms with van der Waals surface area (Å²) in [6, 6.07) is 0. The van der Waals surface area contributed by atoms with Crippen molar-refractivity contribution in [1.82, 2.24) is 0 Å². The Kier molecular flexibility index (Phi) is 11.8. The van der Waals surface area contributed by atoms with Crippen LogP contribution in [0, 0.1) is 0 Å². The first-order valence-electron chi connectivity index (χ1n) is 6.91. The molecule has 0 fully saturated rings. The minimum atomic E-state index is -2.27. The van der Waals surface area contributed by atoms with Gasteiger partial charge in [-0.3, -0.25) is 4.57 Å². The second-order valence-electron chi connectivity index (χ2n) is 4.86. The number of hydrogen-bond acceptors (Lipinski definition) is 1. The van der Waals surface area contributed by atoms with Crippen molar-refractivity contribution in [2.45, 2.75) is 83.7 Å². The first kappa shape index (κ1) is 16.2. The van der Waals surface area contributed by atoms with Crippen LogP contribution in [0.2, 0.25) is 0 Å². The number of hydrogen-bond donors (Lipinski definition) is 1. The van der Waals surface area contributed by atoms with Gasteiger partial charge in [0.15, 0.2) is 8.03 Å². The molecular weight excluding hydrogens is 219 g/mol. The maximum atomic E-state index is 10.8. The molecule has 16 heavy (non-hydrogen) atoms. The number of unbranched alkanes of at least 4 members (excludes halogenated alkanes) is 8. The average molecular weight is 248 g/mol. The van der Waals surface area contributed by atoms with Gasteiger partial charge in [0.2, 0.25) is 0 Å². The van der Waals surface area contributed by atoms with E-state index in [1.54, 1.807) is 0 Å². The standard InChI is InChI=1S/C13H29O2P/c1-3-4-5-6-7-8-9-10-11-12-13(2)16(14)15/h13,16H,3-12H2,1-2H3,(H,14,15). The van der Waals surface area contributed by atoms with Crippen LogP contribution in [-0.4, -0.2) is 10.6 Å². The molecule has 0 aliphatic rings. The fourth-order valence-corrected chi connectivity index (χ4v) is 2.34. The fourth-order valence-electron chi connectivity index (χ4n) is 1.88. The topological polar surface area (TPSA) is 37.3 Å². The molecule has 0 radical (unpaired) electrons. The van der Waals surface area contributed by atoms with E-state index >= 15 is 0 Å². The Morgan fingerprint density at radius 3 is 1.81 bits per heavy atom. The quantitative estimate of drug-likeness (QED) is 0.422. The van der Waals surface area contributed by atoms with Crippen LogP contribution >= 0.6 is 8.03 Å². The number of rotatable bonds is 11. The molecule has 0 aromatic rings. The van der Waals surface area contributed by atoms with E-state index in [2.05, 4.69) is 6.92 Å². The van der Waals surface area contributed by atoms with Crippen molar-refractivity contribution >= 4 is 8.03 Å². The lowest BCUT2D eigenvalue weighted by Crippen LogP contribution is -1.94. The first-order valence-corrected chi connectivity index (χ1v) is 8.34. The van der Waals surface area contributed by atoms with E-state index in [4.69, 9.17) is 4.89 Å². The lowest BCUT2D eigenvalue weighted by atomic mass is 10.1. The van der Waals surface area contributed by atoms with Crippen molar-refractivity contribution in [3.8, 4) is 0 Å². The normalized spacial score (nSPS) is 14.9. The predicted octanol–water partition coefficient (Wildman–Crippen LogP) is 4.76. The highest BCUT2D eigenvalue weighted by Crippen LogP contribution is 2.26. The molecule has 0 saturated heterocycles. The monoisotopic (exact) mass is 248 g/mol. The van der Waals surface area contributed by atoms with E-state index in [9.17, 15) is 4.57 Å². The minimum Gasteiger partial charge on any atom is -0.346 e. The molecule has 2 unspecified atom stereocenters. The molecule has 0 heterocycles. The maximum absolute atomic E-state index is 10.8. The largest absolute Gasteiger partial charge is 0.346 e. The van der Waals surface area contributed by atoms with E-state index in [-0.39, 0.29) is 5.66 Å². The van der Waals surface area contributed by atoms with Gasteiger partial charge in [0, 0.05) is 5.66 Å². The van der Waals surface area contributed by atoms with Gasteiger partial charge in [0.05, 0.1) is 0 Å². The zero-order valence-electron chi connectivity index (χ0n) is 11.0. The molecule has 0 spiro atoms.